The smallest absolute Gasteiger partial charge is 0.328 e. The van der Waals surface area contributed by atoms with Crippen LogP contribution in [-0.4, -0.2) is 79.9 Å². The zero-order chi connectivity index (χ0) is 18.2. The Balaban J connectivity index is 1.68. The number of quaternary nitrogens is 1. The molecule has 0 bridgehead atoms. The summed E-state index contributed by atoms with van der Waals surface area (Å²) in [6, 6.07) is -0.789. The lowest BCUT2D eigenvalue weighted by atomic mass is 10.1. The molecule has 10 heteroatoms. The highest BCUT2D eigenvalue weighted by atomic mass is 32.1. The summed E-state index contributed by atoms with van der Waals surface area (Å²) < 4.78 is 0. The van der Waals surface area contributed by atoms with Crippen LogP contribution in [0, 0.1) is 5.92 Å². The number of carbonyl (C=O) groups excluding carboxylic acids is 3. The van der Waals surface area contributed by atoms with Gasteiger partial charge in [0.1, 0.15) is 0 Å². The molecule has 4 N–H and O–H groups in total. The second-order valence-corrected chi connectivity index (χ2v) is 6.19. The Morgan fingerprint density at radius 1 is 1.32 bits per heavy atom. The molecule has 0 aromatic rings. The van der Waals surface area contributed by atoms with E-state index in [0.717, 1.165) is 37.8 Å². The number of nitrogens with one attached hydrogen (secondary N) is 4. The normalized spacial score (nSPS) is 19.7. The minimum absolute atomic E-state index is 0.513. The SMILES string of the molecule is C=CCNC(=S)N1CC[NH+](CCN=CC2C(=O)NC(=O)NC2=O)CC1. The van der Waals surface area contributed by atoms with Crippen LogP contribution in [0.5, 0.6) is 0 Å². The molecule has 2 fully saturated rings. The van der Waals surface area contributed by atoms with Crippen LogP contribution in [0.3, 0.4) is 0 Å². The van der Waals surface area contributed by atoms with Crippen molar-refractivity contribution in [2.75, 3.05) is 45.8 Å². The lowest BCUT2D eigenvalue weighted by Gasteiger charge is -2.33. The molecule has 2 heterocycles. The van der Waals surface area contributed by atoms with E-state index in [1.807, 2.05) is 10.6 Å². The Kier molecular flexibility index (Phi) is 7.02. The zero-order valence-corrected chi connectivity index (χ0v) is 14.7. The molecule has 2 saturated heterocycles. The number of amides is 4. The standard InChI is InChI=1S/C15H22N6O3S/c1-2-3-17-15(25)21-8-6-20(7-9-21)5-4-16-10-11-12(22)18-14(24)19-13(11)23/h2,10-11H,1,3-9H2,(H,17,25)(H2,18,19,22,23,24)/p+1. The number of imide groups is 2. The highest BCUT2D eigenvalue weighted by molar-refractivity contribution is 7.80. The third-order valence-corrected chi connectivity index (χ3v) is 4.45. The summed E-state index contributed by atoms with van der Waals surface area (Å²) in [6.07, 6.45) is 3.08. The van der Waals surface area contributed by atoms with E-state index in [4.69, 9.17) is 12.2 Å². The fraction of sp³-hybridized carbons (Fsp3) is 0.533. The Morgan fingerprint density at radius 3 is 2.56 bits per heavy atom. The second kappa shape index (κ2) is 9.23. The van der Waals surface area contributed by atoms with E-state index in [1.165, 1.54) is 11.1 Å². The van der Waals surface area contributed by atoms with Crippen LogP contribution >= 0.6 is 12.2 Å². The van der Waals surface area contributed by atoms with Gasteiger partial charge in [0.25, 0.3) is 0 Å². The van der Waals surface area contributed by atoms with Crippen LogP contribution in [-0.2, 0) is 9.59 Å². The second-order valence-electron chi connectivity index (χ2n) is 5.80. The van der Waals surface area contributed by atoms with Gasteiger partial charge in [-0.3, -0.25) is 25.2 Å². The number of hydrogen-bond donors (Lipinski definition) is 4. The van der Waals surface area contributed by atoms with Crippen molar-refractivity contribution in [3.63, 3.8) is 0 Å². The monoisotopic (exact) mass is 367 g/mol. The first kappa shape index (κ1) is 19.0. The van der Waals surface area contributed by atoms with E-state index in [9.17, 15) is 14.4 Å². The summed E-state index contributed by atoms with van der Waals surface area (Å²) in [5.74, 6) is -2.32. The topological polar surface area (TPSA) is 107 Å². The van der Waals surface area contributed by atoms with E-state index < -0.39 is 23.8 Å². The number of nitrogens with zero attached hydrogens (tertiary/aromatic N) is 2. The van der Waals surface area contributed by atoms with Gasteiger partial charge in [-0.15, -0.1) is 6.58 Å². The zero-order valence-electron chi connectivity index (χ0n) is 13.9. The van der Waals surface area contributed by atoms with Crippen molar-refractivity contribution in [3.8, 4) is 0 Å². The Hall–Kier alpha value is -2.33. The number of piperazine rings is 1. The number of hydrogen-bond acceptors (Lipinski definition) is 5. The predicted octanol–water partition coefficient (Wildman–Crippen LogP) is -2.70. The summed E-state index contributed by atoms with van der Waals surface area (Å²) in [5, 5.41) is 7.96. The molecule has 136 valence electrons. The van der Waals surface area contributed by atoms with Gasteiger partial charge in [0.15, 0.2) is 11.0 Å². The van der Waals surface area contributed by atoms with E-state index in [-0.39, 0.29) is 0 Å². The Bertz CT molecular complexity index is 566. The first-order valence-corrected chi connectivity index (χ1v) is 8.55. The van der Waals surface area contributed by atoms with Crippen molar-refractivity contribution < 1.29 is 19.3 Å². The van der Waals surface area contributed by atoms with E-state index >= 15 is 0 Å². The first-order chi connectivity index (χ1) is 12.0. The molecule has 0 aromatic heterocycles. The highest BCUT2D eigenvalue weighted by Crippen LogP contribution is 1.98. The minimum Gasteiger partial charge on any atom is -0.359 e. The van der Waals surface area contributed by atoms with Gasteiger partial charge in [-0.05, 0) is 12.2 Å². The lowest BCUT2D eigenvalue weighted by molar-refractivity contribution is -0.902. The number of carbonyl (C=O) groups is 3. The van der Waals surface area contributed by atoms with Gasteiger partial charge >= 0.3 is 6.03 Å². The average Bonchev–Trinajstić information content (AvgIpc) is 2.58. The molecule has 4 amide bonds. The lowest BCUT2D eigenvalue weighted by Crippen LogP contribution is -3.15. The summed E-state index contributed by atoms with van der Waals surface area (Å²) in [4.78, 5) is 41.8. The highest BCUT2D eigenvalue weighted by Gasteiger charge is 2.32. The van der Waals surface area contributed by atoms with Crippen molar-refractivity contribution in [1.82, 2.24) is 20.9 Å². The third kappa shape index (κ3) is 5.61. The maximum Gasteiger partial charge on any atom is 0.328 e. The predicted molar refractivity (Wildman–Crippen MR) is 96.5 cm³/mol. The molecule has 0 aliphatic carbocycles. The summed E-state index contributed by atoms with van der Waals surface area (Å²) in [6.45, 7) is 9.28. The molecule has 9 nitrogen and oxygen atoms in total. The molecular formula is C15H23N6O3S+. The molecule has 25 heavy (non-hydrogen) atoms. The van der Waals surface area contributed by atoms with Crippen molar-refractivity contribution in [3.05, 3.63) is 12.7 Å². The number of barbiturate groups is 1. The Labute approximate surface area is 151 Å². The Morgan fingerprint density at radius 2 is 1.96 bits per heavy atom. The summed E-state index contributed by atoms with van der Waals surface area (Å²) in [5.41, 5.74) is 0. The van der Waals surface area contributed by atoms with Crippen LogP contribution < -0.4 is 20.9 Å². The molecule has 0 saturated carbocycles. The number of rotatable bonds is 6. The molecule has 2 aliphatic rings. The summed E-state index contributed by atoms with van der Waals surface area (Å²) >= 11 is 5.32. The number of thiocarbonyl (C=S) groups is 1. The first-order valence-electron chi connectivity index (χ1n) is 8.14. The van der Waals surface area contributed by atoms with Gasteiger partial charge < -0.3 is 15.1 Å². The van der Waals surface area contributed by atoms with Crippen LogP contribution in [0.25, 0.3) is 0 Å². The van der Waals surface area contributed by atoms with Crippen LogP contribution in [0.15, 0.2) is 17.6 Å². The van der Waals surface area contributed by atoms with Gasteiger partial charge in [0.2, 0.25) is 11.8 Å². The van der Waals surface area contributed by atoms with Crippen molar-refractivity contribution >= 4 is 41.4 Å². The maximum absolute atomic E-state index is 11.6. The molecule has 0 unspecified atom stereocenters. The van der Waals surface area contributed by atoms with E-state index in [0.29, 0.717) is 13.1 Å². The summed E-state index contributed by atoms with van der Waals surface area (Å²) in [7, 11) is 0. The number of aliphatic imine (C=N–C) groups is 1. The van der Waals surface area contributed by atoms with Crippen LogP contribution in [0.4, 0.5) is 4.79 Å². The number of urea groups is 1. The molecule has 0 atom stereocenters. The quantitative estimate of drug-likeness (QED) is 0.176. The molecule has 0 spiro atoms. The van der Waals surface area contributed by atoms with Crippen molar-refractivity contribution in [1.29, 1.82) is 0 Å². The van der Waals surface area contributed by atoms with Gasteiger partial charge in [0, 0.05) is 12.8 Å². The fourth-order valence-corrected chi connectivity index (χ4v) is 2.88. The maximum atomic E-state index is 11.6. The van der Waals surface area contributed by atoms with Gasteiger partial charge in [-0.25, -0.2) is 4.79 Å². The molecule has 0 radical (unpaired) electrons. The van der Waals surface area contributed by atoms with Gasteiger partial charge in [0.05, 0.1) is 39.3 Å². The van der Waals surface area contributed by atoms with E-state index in [2.05, 4.69) is 21.8 Å². The average molecular weight is 367 g/mol. The van der Waals surface area contributed by atoms with Crippen LogP contribution in [0.2, 0.25) is 0 Å². The fourth-order valence-electron chi connectivity index (χ4n) is 2.61. The van der Waals surface area contributed by atoms with Gasteiger partial charge in [-0.2, -0.15) is 0 Å². The largest absolute Gasteiger partial charge is 0.359 e. The van der Waals surface area contributed by atoms with Crippen molar-refractivity contribution in [2.24, 2.45) is 10.9 Å². The third-order valence-electron chi connectivity index (χ3n) is 4.04. The molecular weight excluding hydrogens is 344 g/mol. The molecule has 2 aliphatic heterocycles. The molecule has 2 rings (SSSR count). The van der Waals surface area contributed by atoms with Crippen LogP contribution in [0.1, 0.15) is 0 Å². The van der Waals surface area contributed by atoms with Crippen molar-refractivity contribution in [2.45, 2.75) is 0 Å². The minimum atomic E-state index is -1.04. The van der Waals surface area contributed by atoms with E-state index in [1.54, 1.807) is 6.08 Å². The van der Waals surface area contributed by atoms with Gasteiger partial charge in [-0.1, -0.05) is 6.08 Å². The molecule has 0 aromatic carbocycles.